The van der Waals surface area contributed by atoms with E-state index in [0.717, 1.165) is 54.9 Å². The number of hydrogen-bond donors (Lipinski definition) is 2. The molecular weight excluding hydrogens is 436 g/mol. The Hall–Kier alpha value is -3.31. The molecule has 0 saturated carbocycles. The van der Waals surface area contributed by atoms with Crippen LogP contribution >= 0.6 is 0 Å². The zero-order chi connectivity index (χ0) is 24.6. The highest BCUT2D eigenvalue weighted by Crippen LogP contribution is 2.19. The molecule has 35 heavy (non-hydrogen) atoms. The highest BCUT2D eigenvalue weighted by Gasteiger charge is 2.13. The largest absolute Gasteiger partial charge is 0.494 e. The van der Waals surface area contributed by atoms with E-state index in [9.17, 15) is 4.79 Å². The van der Waals surface area contributed by atoms with Crippen molar-refractivity contribution in [1.82, 2.24) is 5.32 Å². The van der Waals surface area contributed by atoms with Gasteiger partial charge in [0, 0.05) is 6.54 Å². The van der Waals surface area contributed by atoms with Crippen LogP contribution in [0.5, 0.6) is 11.5 Å². The van der Waals surface area contributed by atoms with Crippen molar-refractivity contribution in [3.8, 4) is 11.5 Å². The molecule has 0 aliphatic heterocycles. The van der Waals surface area contributed by atoms with E-state index < -0.39 is 6.04 Å². The predicted molar refractivity (Wildman–Crippen MR) is 142 cm³/mol. The molecule has 5 heteroatoms. The number of nitrogens with one attached hydrogen (secondary N) is 1. The Labute approximate surface area is 209 Å². The summed E-state index contributed by atoms with van der Waals surface area (Å²) in [6.45, 7) is 1.98. The second-order valence-corrected chi connectivity index (χ2v) is 8.80. The average molecular weight is 475 g/mol. The van der Waals surface area contributed by atoms with Gasteiger partial charge in [0.15, 0.2) is 0 Å². The Balaban J connectivity index is 1.15. The van der Waals surface area contributed by atoms with E-state index in [4.69, 9.17) is 15.2 Å². The van der Waals surface area contributed by atoms with E-state index in [1.165, 1.54) is 12.8 Å². The van der Waals surface area contributed by atoms with E-state index in [-0.39, 0.29) is 5.91 Å². The third-order valence-corrected chi connectivity index (χ3v) is 5.85. The van der Waals surface area contributed by atoms with Gasteiger partial charge < -0.3 is 20.5 Å². The number of carbonyl (C=O) groups excluding carboxylic acids is 1. The average Bonchev–Trinajstić information content (AvgIpc) is 2.90. The van der Waals surface area contributed by atoms with Crippen LogP contribution in [0.15, 0.2) is 84.9 Å². The lowest BCUT2D eigenvalue weighted by Gasteiger charge is -2.12. The van der Waals surface area contributed by atoms with E-state index in [0.29, 0.717) is 19.6 Å². The minimum atomic E-state index is -0.490. The van der Waals surface area contributed by atoms with Gasteiger partial charge in [0.1, 0.15) is 18.1 Å². The summed E-state index contributed by atoms with van der Waals surface area (Å²) in [6, 6.07) is 27.4. The van der Waals surface area contributed by atoms with Crippen molar-refractivity contribution in [2.75, 3.05) is 13.2 Å². The number of hydrogen-bond acceptors (Lipinski definition) is 4. The molecule has 186 valence electrons. The second-order valence-electron chi connectivity index (χ2n) is 8.80. The van der Waals surface area contributed by atoms with Gasteiger partial charge in [-0.1, -0.05) is 86.3 Å². The zero-order valence-corrected chi connectivity index (χ0v) is 20.5. The molecule has 3 N–H and O–H groups in total. The first-order chi connectivity index (χ1) is 17.2. The van der Waals surface area contributed by atoms with Crippen molar-refractivity contribution < 1.29 is 14.3 Å². The maximum absolute atomic E-state index is 12.1. The van der Waals surface area contributed by atoms with E-state index in [2.05, 4.69) is 17.4 Å². The van der Waals surface area contributed by atoms with Crippen molar-refractivity contribution in [2.24, 2.45) is 5.73 Å². The van der Waals surface area contributed by atoms with Crippen LogP contribution in [0.25, 0.3) is 0 Å². The molecule has 0 radical (unpaired) electrons. The van der Waals surface area contributed by atoms with Gasteiger partial charge in [0.05, 0.1) is 12.6 Å². The number of amides is 1. The summed E-state index contributed by atoms with van der Waals surface area (Å²) in [7, 11) is 0. The maximum atomic E-state index is 12.1. The number of rotatable bonds is 16. The molecule has 0 fully saturated rings. The third kappa shape index (κ3) is 10.7. The van der Waals surface area contributed by atoms with Gasteiger partial charge in [-0.25, -0.2) is 0 Å². The Kier molecular flexibility index (Phi) is 11.7. The van der Waals surface area contributed by atoms with Crippen molar-refractivity contribution in [2.45, 2.75) is 57.6 Å². The molecule has 3 aromatic rings. The molecular formula is C30H38N2O3. The zero-order valence-electron chi connectivity index (χ0n) is 20.5. The minimum absolute atomic E-state index is 0.0678. The fourth-order valence-electron chi connectivity index (χ4n) is 3.80. The summed E-state index contributed by atoms with van der Waals surface area (Å²) < 4.78 is 11.7. The van der Waals surface area contributed by atoms with Crippen LogP contribution in [0.4, 0.5) is 0 Å². The Morgan fingerprint density at radius 1 is 0.686 bits per heavy atom. The van der Waals surface area contributed by atoms with Crippen molar-refractivity contribution in [1.29, 1.82) is 0 Å². The highest BCUT2D eigenvalue weighted by atomic mass is 16.5. The first-order valence-electron chi connectivity index (χ1n) is 12.7. The summed E-state index contributed by atoms with van der Waals surface area (Å²) in [5, 5.41) is 2.96. The Bertz CT molecular complexity index is 962. The lowest BCUT2D eigenvalue weighted by molar-refractivity contribution is -0.122. The van der Waals surface area contributed by atoms with Gasteiger partial charge in [-0.15, -0.1) is 0 Å². The number of ether oxygens (including phenoxy) is 2. The van der Waals surface area contributed by atoms with E-state index in [1.807, 2.05) is 72.8 Å². The predicted octanol–water partition coefficient (Wildman–Crippen LogP) is 5.67. The Morgan fingerprint density at radius 3 is 1.89 bits per heavy atom. The first-order valence-corrected chi connectivity index (χ1v) is 12.7. The number of unbranched alkanes of at least 4 members (excludes halogenated alkanes) is 5. The summed E-state index contributed by atoms with van der Waals surface area (Å²) in [5.41, 5.74) is 8.25. The lowest BCUT2D eigenvalue weighted by atomic mass is 10.1. The summed E-state index contributed by atoms with van der Waals surface area (Å²) in [4.78, 5) is 12.1. The molecule has 0 aliphatic rings. The standard InChI is InChI=1S/C30H38N2O3/c31-29(23-25-13-7-5-8-14-25)30(33)32-21-11-3-1-2-4-12-22-34-27-17-19-28(20-18-27)35-24-26-15-9-6-10-16-26/h5-10,13-20,29H,1-4,11-12,21-24,31H2,(H,32,33)/t29-/m0/s1. The SMILES string of the molecule is N[C@@H](Cc1ccccc1)C(=O)NCCCCCCCCOc1ccc(OCc2ccccc2)cc1. The first kappa shape index (κ1) is 26.3. The lowest BCUT2D eigenvalue weighted by Crippen LogP contribution is -2.42. The van der Waals surface area contributed by atoms with Gasteiger partial charge in [0.25, 0.3) is 0 Å². The Morgan fingerprint density at radius 2 is 1.23 bits per heavy atom. The monoisotopic (exact) mass is 474 g/mol. The number of carbonyl (C=O) groups is 1. The molecule has 0 bridgehead atoms. The topological polar surface area (TPSA) is 73.6 Å². The molecule has 0 heterocycles. The molecule has 1 atom stereocenters. The van der Waals surface area contributed by atoms with Crippen molar-refractivity contribution >= 4 is 5.91 Å². The van der Waals surface area contributed by atoms with Crippen LogP contribution in [0.2, 0.25) is 0 Å². The molecule has 0 unspecified atom stereocenters. The summed E-state index contributed by atoms with van der Waals surface area (Å²) in [6.07, 6.45) is 7.19. The number of benzene rings is 3. The second kappa shape index (κ2) is 15.6. The van der Waals surface area contributed by atoms with Gasteiger partial charge in [-0.2, -0.15) is 0 Å². The fraction of sp³-hybridized carbons (Fsp3) is 0.367. The quantitative estimate of drug-likeness (QED) is 0.262. The van der Waals surface area contributed by atoms with E-state index in [1.54, 1.807) is 0 Å². The van der Waals surface area contributed by atoms with Crippen LogP contribution in [-0.4, -0.2) is 25.1 Å². The maximum Gasteiger partial charge on any atom is 0.237 e. The molecule has 0 aromatic heterocycles. The normalized spacial score (nSPS) is 11.6. The summed E-state index contributed by atoms with van der Waals surface area (Å²) >= 11 is 0. The fourth-order valence-corrected chi connectivity index (χ4v) is 3.80. The van der Waals surface area contributed by atoms with Crippen molar-refractivity contribution in [3.63, 3.8) is 0 Å². The van der Waals surface area contributed by atoms with Crippen LogP contribution in [0, 0.1) is 0 Å². The van der Waals surface area contributed by atoms with Gasteiger partial charge in [0.2, 0.25) is 5.91 Å². The number of nitrogens with two attached hydrogens (primary N) is 1. The molecule has 5 nitrogen and oxygen atoms in total. The minimum Gasteiger partial charge on any atom is -0.494 e. The van der Waals surface area contributed by atoms with Gasteiger partial charge >= 0.3 is 0 Å². The molecule has 1 amide bonds. The smallest absolute Gasteiger partial charge is 0.237 e. The van der Waals surface area contributed by atoms with Gasteiger partial charge in [-0.3, -0.25) is 4.79 Å². The highest BCUT2D eigenvalue weighted by molar-refractivity contribution is 5.81. The molecule has 3 aromatic carbocycles. The summed E-state index contributed by atoms with van der Waals surface area (Å²) in [5.74, 6) is 1.65. The van der Waals surface area contributed by atoms with Crippen LogP contribution in [0.3, 0.4) is 0 Å². The molecule has 3 rings (SSSR count). The molecule has 0 spiro atoms. The molecule has 0 aliphatic carbocycles. The van der Waals surface area contributed by atoms with Crippen LogP contribution in [0.1, 0.15) is 49.7 Å². The van der Waals surface area contributed by atoms with Crippen molar-refractivity contribution in [3.05, 3.63) is 96.1 Å². The van der Waals surface area contributed by atoms with Crippen LogP contribution < -0.4 is 20.5 Å². The van der Waals surface area contributed by atoms with E-state index >= 15 is 0 Å². The van der Waals surface area contributed by atoms with Crippen LogP contribution in [-0.2, 0) is 17.8 Å². The van der Waals surface area contributed by atoms with Gasteiger partial charge in [-0.05, 0) is 54.7 Å². The third-order valence-electron chi connectivity index (χ3n) is 5.85. The molecule has 0 saturated heterocycles.